The lowest BCUT2D eigenvalue weighted by atomic mass is 9.96. The van der Waals surface area contributed by atoms with Gasteiger partial charge in [0.1, 0.15) is 12.4 Å². The number of benzene rings is 1. The SMILES string of the molecule is Cn1c(CO)nnc1C1CCCN(CCc2c[nH]c3ccccc23)C1. The van der Waals surface area contributed by atoms with Crippen LogP contribution in [0.15, 0.2) is 30.5 Å². The minimum Gasteiger partial charge on any atom is -0.388 e. The van der Waals surface area contributed by atoms with Gasteiger partial charge in [-0.25, -0.2) is 0 Å². The quantitative estimate of drug-likeness (QED) is 0.748. The first-order valence-corrected chi connectivity index (χ1v) is 9.02. The number of hydrogen-bond acceptors (Lipinski definition) is 4. The zero-order valence-electron chi connectivity index (χ0n) is 14.6. The number of aromatic amines is 1. The van der Waals surface area contributed by atoms with E-state index in [-0.39, 0.29) is 6.61 Å². The Labute approximate surface area is 147 Å². The number of nitrogens with zero attached hydrogens (tertiary/aromatic N) is 4. The van der Waals surface area contributed by atoms with Crippen LogP contribution in [0.1, 0.15) is 36.0 Å². The van der Waals surface area contributed by atoms with E-state index in [1.807, 2.05) is 11.6 Å². The van der Waals surface area contributed by atoms with E-state index < -0.39 is 0 Å². The van der Waals surface area contributed by atoms with Gasteiger partial charge in [0.25, 0.3) is 0 Å². The fraction of sp³-hybridized carbons (Fsp3) is 0.474. The molecule has 3 heterocycles. The zero-order chi connectivity index (χ0) is 17.2. The monoisotopic (exact) mass is 339 g/mol. The second-order valence-electron chi connectivity index (χ2n) is 6.94. The summed E-state index contributed by atoms with van der Waals surface area (Å²) in [5.41, 5.74) is 2.60. The van der Waals surface area contributed by atoms with E-state index >= 15 is 0 Å². The van der Waals surface area contributed by atoms with Gasteiger partial charge in [0.15, 0.2) is 5.82 Å². The molecule has 1 aromatic carbocycles. The van der Waals surface area contributed by atoms with Crippen LogP contribution in [-0.2, 0) is 20.1 Å². The number of hydrogen-bond donors (Lipinski definition) is 2. The maximum Gasteiger partial charge on any atom is 0.158 e. The van der Waals surface area contributed by atoms with Gasteiger partial charge in [0.2, 0.25) is 0 Å². The highest BCUT2D eigenvalue weighted by atomic mass is 16.3. The van der Waals surface area contributed by atoms with E-state index in [1.165, 1.54) is 22.9 Å². The van der Waals surface area contributed by atoms with Gasteiger partial charge >= 0.3 is 0 Å². The normalized spacial score (nSPS) is 18.9. The molecule has 2 aromatic heterocycles. The van der Waals surface area contributed by atoms with Crippen molar-refractivity contribution in [2.45, 2.75) is 31.8 Å². The highest BCUT2D eigenvalue weighted by Crippen LogP contribution is 2.26. The highest BCUT2D eigenvalue weighted by molar-refractivity contribution is 5.83. The lowest BCUT2D eigenvalue weighted by Gasteiger charge is -2.32. The Morgan fingerprint density at radius 2 is 2.16 bits per heavy atom. The number of fused-ring (bicyclic) bond motifs is 1. The molecule has 0 radical (unpaired) electrons. The number of piperidine rings is 1. The third-order valence-electron chi connectivity index (χ3n) is 5.38. The summed E-state index contributed by atoms with van der Waals surface area (Å²) in [6.07, 6.45) is 5.51. The van der Waals surface area contributed by atoms with E-state index in [0.717, 1.165) is 38.3 Å². The van der Waals surface area contributed by atoms with Gasteiger partial charge in [0.05, 0.1) is 0 Å². The van der Waals surface area contributed by atoms with Crippen molar-refractivity contribution >= 4 is 10.9 Å². The van der Waals surface area contributed by atoms with Gasteiger partial charge in [-0.3, -0.25) is 0 Å². The predicted octanol–water partition coefficient (Wildman–Crippen LogP) is 2.21. The molecule has 6 nitrogen and oxygen atoms in total. The molecule has 1 unspecified atom stereocenters. The third-order valence-corrected chi connectivity index (χ3v) is 5.38. The van der Waals surface area contributed by atoms with Crippen LogP contribution in [-0.4, -0.2) is 49.4 Å². The van der Waals surface area contributed by atoms with E-state index in [2.05, 4.69) is 50.5 Å². The molecule has 1 fully saturated rings. The molecule has 25 heavy (non-hydrogen) atoms. The predicted molar refractivity (Wildman–Crippen MR) is 97.3 cm³/mol. The fourth-order valence-corrected chi connectivity index (χ4v) is 3.95. The van der Waals surface area contributed by atoms with Crippen molar-refractivity contribution in [3.63, 3.8) is 0 Å². The minimum atomic E-state index is -0.0551. The fourth-order valence-electron chi connectivity index (χ4n) is 3.95. The zero-order valence-corrected chi connectivity index (χ0v) is 14.6. The molecule has 1 aliphatic rings. The summed E-state index contributed by atoms with van der Waals surface area (Å²) in [7, 11) is 1.95. The number of aliphatic hydroxyl groups is 1. The molecule has 0 aliphatic carbocycles. The number of aliphatic hydroxyl groups excluding tert-OH is 1. The molecule has 6 heteroatoms. The van der Waals surface area contributed by atoms with Crippen LogP contribution in [0.4, 0.5) is 0 Å². The molecule has 0 saturated carbocycles. The lowest BCUT2D eigenvalue weighted by molar-refractivity contribution is 0.204. The number of likely N-dealkylation sites (tertiary alicyclic amines) is 1. The molecule has 0 bridgehead atoms. The van der Waals surface area contributed by atoms with Crippen LogP contribution in [0, 0.1) is 0 Å². The Kier molecular flexibility index (Phi) is 4.55. The van der Waals surface area contributed by atoms with Gasteiger partial charge in [-0.15, -0.1) is 10.2 Å². The molecule has 132 valence electrons. The van der Waals surface area contributed by atoms with Gasteiger partial charge in [-0.1, -0.05) is 18.2 Å². The molecular formula is C19H25N5O. The number of aromatic nitrogens is 4. The first-order chi connectivity index (χ1) is 12.3. The largest absolute Gasteiger partial charge is 0.388 e. The summed E-state index contributed by atoms with van der Waals surface area (Å²) >= 11 is 0. The third kappa shape index (κ3) is 3.19. The second kappa shape index (κ2) is 6.98. The van der Waals surface area contributed by atoms with Crippen molar-refractivity contribution in [3.05, 3.63) is 47.7 Å². The van der Waals surface area contributed by atoms with Crippen molar-refractivity contribution < 1.29 is 5.11 Å². The average molecular weight is 339 g/mol. The summed E-state index contributed by atoms with van der Waals surface area (Å²) in [5, 5.41) is 19.1. The molecule has 2 N–H and O–H groups in total. The Balaban J connectivity index is 1.42. The number of rotatable bonds is 5. The number of H-pyrrole nitrogens is 1. The summed E-state index contributed by atoms with van der Waals surface area (Å²) in [6, 6.07) is 8.49. The Morgan fingerprint density at radius 1 is 1.28 bits per heavy atom. The van der Waals surface area contributed by atoms with Crippen LogP contribution < -0.4 is 0 Å². The number of nitrogens with one attached hydrogen (secondary N) is 1. The molecule has 4 rings (SSSR count). The van der Waals surface area contributed by atoms with Crippen LogP contribution >= 0.6 is 0 Å². The summed E-state index contributed by atoms with van der Waals surface area (Å²) in [5.74, 6) is 2.04. The molecule has 1 atom stereocenters. The maximum absolute atomic E-state index is 9.32. The van der Waals surface area contributed by atoms with Crippen molar-refractivity contribution in [3.8, 4) is 0 Å². The molecular weight excluding hydrogens is 314 g/mol. The summed E-state index contributed by atoms with van der Waals surface area (Å²) in [6.45, 7) is 3.16. The van der Waals surface area contributed by atoms with Gasteiger partial charge < -0.3 is 19.6 Å². The minimum absolute atomic E-state index is 0.0551. The Bertz CT molecular complexity index is 852. The lowest BCUT2D eigenvalue weighted by Crippen LogP contribution is -2.36. The average Bonchev–Trinajstić information content (AvgIpc) is 3.23. The highest BCUT2D eigenvalue weighted by Gasteiger charge is 2.25. The van der Waals surface area contributed by atoms with Gasteiger partial charge in [-0.05, 0) is 37.4 Å². The van der Waals surface area contributed by atoms with E-state index in [1.54, 1.807) is 0 Å². The van der Waals surface area contributed by atoms with E-state index in [0.29, 0.717) is 11.7 Å². The molecule has 0 amide bonds. The van der Waals surface area contributed by atoms with Crippen LogP contribution in [0.2, 0.25) is 0 Å². The first-order valence-electron chi connectivity index (χ1n) is 9.02. The van der Waals surface area contributed by atoms with Gasteiger partial charge in [-0.2, -0.15) is 0 Å². The molecule has 1 saturated heterocycles. The maximum atomic E-state index is 9.32. The van der Waals surface area contributed by atoms with Crippen molar-refractivity contribution in [1.82, 2.24) is 24.6 Å². The standard InChI is InChI=1S/C19H25N5O/c1-23-18(13-25)21-22-19(23)15-5-4-9-24(12-15)10-8-14-11-20-17-7-3-2-6-16(14)17/h2-3,6-7,11,15,20,25H,4-5,8-10,12-13H2,1H3. The smallest absolute Gasteiger partial charge is 0.158 e. The molecule has 0 spiro atoms. The first kappa shape index (κ1) is 16.3. The van der Waals surface area contributed by atoms with Crippen LogP contribution in [0.3, 0.4) is 0 Å². The van der Waals surface area contributed by atoms with Crippen LogP contribution in [0.25, 0.3) is 10.9 Å². The van der Waals surface area contributed by atoms with Crippen molar-refractivity contribution in [2.24, 2.45) is 7.05 Å². The number of para-hydroxylation sites is 1. The Morgan fingerprint density at radius 3 is 3.00 bits per heavy atom. The van der Waals surface area contributed by atoms with Crippen molar-refractivity contribution in [1.29, 1.82) is 0 Å². The van der Waals surface area contributed by atoms with Crippen LogP contribution in [0.5, 0.6) is 0 Å². The molecule has 3 aromatic rings. The van der Waals surface area contributed by atoms with E-state index in [4.69, 9.17) is 0 Å². The molecule has 1 aliphatic heterocycles. The second-order valence-corrected chi connectivity index (χ2v) is 6.94. The van der Waals surface area contributed by atoms with Gasteiger partial charge in [0, 0.05) is 43.2 Å². The summed E-state index contributed by atoms with van der Waals surface area (Å²) < 4.78 is 1.95. The Hall–Kier alpha value is -2.18. The summed E-state index contributed by atoms with van der Waals surface area (Å²) in [4.78, 5) is 5.89. The van der Waals surface area contributed by atoms with Crippen molar-refractivity contribution in [2.75, 3.05) is 19.6 Å². The topological polar surface area (TPSA) is 70.0 Å². The van der Waals surface area contributed by atoms with E-state index in [9.17, 15) is 5.11 Å².